The third kappa shape index (κ3) is 4.15. The molecule has 1 unspecified atom stereocenters. The molecular weight excluding hydrogens is 272 g/mol. The first-order valence-corrected chi connectivity index (χ1v) is 7.23. The summed E-state index contributed by atoms with van der Waals surface area (Å²) in [5.41, 5.74) is -0.0480. The predicted molar refractivity (Wildman–Crippen MR) is 79.5 cm³/mol. The zero-order chi connectivity index (χ0) is 15.3. The summed E-state index contributed by atoms with van der Waals surface area (Å²) in [5.74, 6) is 0.310. The standard InChI is InChI=1S/C15H22N2O4/c1-15(12-18)7-4-8-16(11-15)9-10-21-14-6-3-2-5-13(14)17(19)20/h2-3,5-6,18H,4,7-12H2,1H3. The lowest BCUT2D eigenvalue weighted by atomic mass is 9.83. The van der Waals surface area contributed by atoms with Crippen LogP contribution in [0.3, 0.4) is 0 Å². The summed E-state index contributed by atoms with van der Waals surface area (Å²) in [6, 6.07) is 6.42. The second-order valence-corrected chi connectivity index (χ2v) is 5.92. The number of aliphatic hydroxyl groups excluding tert-OH is 1. The number of likely N-dealkylation sites (tertiary alicyclic amines) is 1. The molecule has 1 aliphatic rings. The molecule has 1 saturated heterocycles. The van der Waals surface area contributed by atoms with Crippen molar-refractivity contribution >= 4 is 5.69 Å². The molecule has 1 N–H and O–H groups in total. The Bertz CT molecular complexity index is 494. The molecular formula is C15H22N2O4. The van der Waals surface area contributed by atoms with E-state index in [1.807, 2.05) is 0 Å². The maximum absolute atomic E-state index is 10.9. The zero-order valence-corrected chi connectivity index (χ0v) is 12.3. The van der Waals surface area contributed by atoms with Gasteiger partial charge in [0.05, 0.1) is 4.92 Å². The molecule has 0 amide bonds. The van der Waals surface area contributed by atoms with E-state index >= 15 is 0 Å². The second kappa shape index (κ2) is 6.87. The molecule has 0 radical (unpaired) electrons. The van der Waals surface area contributed by atoms with Crippen LogP contribution in [-0.4, -0.2) is 47.8 Å². The minimum Gasteiger partial charge on any atom is -0.485 e. The molecule has 1 atom stereocenters. The van der Waals surface area contributed by atoms with Gasteiger partial charge in [-0.3, -0.25) is 15.0 Å². The van der Waals surface area contributed by atoms with Gasteiger partial charge in [0.25, 0.3) is 0 Å². The fraction of sp³-hybridized carbons (Fsp3) is 0.600. The Morgan fingerprint density at radius 1 is 1.48 bits per heavy atom. The van der Waals surface area contributed by atoms with Crippen molar-refractivity contribution in [3.05, 3.63) is 34.4 Å². The number of aliphatic hydroxyl groups is 1. The van der Waals surface area contributed by atoms with Crippen molar-refractivity contribution in [2.75, 3.05) is 32.8 Å². The van der Waals surface area contributed by atoms with E-state index in [1.165, 1.54) is 6.07 Å². The van der Waals surface area contributed by atoms with Crippen LogP contribution in [0.15, 0.2) is 24.3 Å². The number of benzene rings is 1. The van der Waals surface area contributed by atoms with Crippen molar-refractivity contribution in [3.63, 3.8) is 0 Å². The molecule has 116 valence electrons. The Balaban J connectivity index is 1.86. The monoisotopic (exact) mass is 294 g/mol. The van der Waals surface area contributed by atoms with Gasteiger partial charge in [-0.05, 0) is 25.5 Å². The SMILES string of the molecule is CC1(CO)CCCN(CCOc2ccccc2[N+](=O)[O-])C1. The van der Waals surface area contributed by atoms with Crippen LogP contribution in [0.5, 0.6) is 5.75 Å². The maximum Gasteiger partial charge on any atom is 0.310 e. The van der Waals surface area contributed by atoms with E-state index in [1.54, 1.807) is 18.2 Å². The number of hydrogen-bond donors (Lipinski definition) is 1. The first kappa shape index (κ1) is 15.7. The smallest absolute Gasteiger partial charge is 0.310 e. The molecule has 6 heteroatoms. The highest BCUT2D eigenvalue weighted by molar-refractivity contribution is 5.45. The van der Waals surface area contributed by atoms with Crippen LogP contribution in [0, 0.1) is 15.5 Å². The molecule has 0 aliphatic carbocycles. The van der Waals surface area contributed by atoms with E-state index < -0.39 is 4.92 Å². The number of hydrogen-bond acceptors (Lipinski definition) is 5. The lowest BCUT2D eigenvalue weighted by molar-refractivity contribution is -0.385. The van der Waals surface area contributed by atoms with Crippen LogP contribution >= 0.6 is 0 Å². The highest BCUT2D eigenvalue weighted by atomic mass is 16.6. The molecule has 6 nitrogen and oxygen atoms in total. The molecule has 0 spiro atoms. The summed E-state index contributed by atoms with van der Waals surface area (Å²) in [5, 5.41) is 20.3. The molecule has 0 aromatic heterocycles. The van der Waals surface area contributed by atoms with Gasteiger partial charge in [0.15, 0.2) is 5.75 Å². The topological polar surface area (TPSA) is 75.8 Å². The van der Waals surface area contributed by atoms with Gasteiger partial charge in [-0.2, -0.15) is 0 Å². The van der Waals surface area contributed by atoms with Gasteiger partial charge in [-0.15, -0.1) is 0 Å². The van der Waals surface area contributed by atoms with E-state index in [0.29, 0.717) is 18.9 Å². The molecule has 1 aromatic rings. The number of ether oxygens (including phenoxy) is 1. The lowest BCUT2D eigenvalue weighted by Gasteiger charge is -2.39. The molecule has 0 bridgehead atoms. The van der Waals surface area contributed by atoms with Gasteiger partial charge in [-0.1, -0.05) is 19.1 Å². The summed E-state index contributed by atoms with van der Waals surface area (Å²) in [7, 11) is 0. The van der Waals surface area contributed by atoms with Crippen molar-refractivity contribution in [1.82, 2.24) is 4.90 Å². The molecule has 1 fully saturated rings. The van der Waals surface area contributed by atoms with Gasteiger partial charge >= 0.3 is 5.69 Å². The Hall–Kier alpha value is -1.66. The first-order valence-electron chi connectivity index (χ1n) is 7.23. The Morgan fingerprint density at radius 3 is 2.95 bits per heavy atom. The van der Waals surface area contributed by atoms with E-state index in [4.69, 9.17) is 4.74 Å². The van der Waals surface area contributed by atoms with Crippen molar-refractivity contribution in [2.24, 2.45) is 5.41 Å². The van der Waals surface area contributed by atoms with E-state index in [9.17, 15) is 15.2 Å². The number of nitro groups is 1. The fourth-order valence-corrected chi connectivity index (χ4v) is 2.76. The van der Waals surface area contributed by atoms with Crippen LogP contribution < -0.4 is 4.74 Å². The molecule has 2 rings (SSSR count). The first-order chi connectivity index (χ1) is 10.0. The fourth-order valence-electron chi connectivity index (χ4n) is 2.76. The Morgan fingerprint density at radius 2 is 2.24 bits per heavy atom. The van der Waals surface area contributed by atoms with Gasteiger partial charge in [0.2, 0.25) is 0 Å². The minimum absolute atomic E-state index is 0.00339. The Labute approximate surface area is 124 Å². The zero-order valence-electron chi connectivity index (χ0n) is 12.3. The minimum atomic E-state index is -0.431. The quantitative estimate of drug-likeness (QED) is 0.642. The number of rotatable bonds is 6. The second-order valence-electron chi connectivity index (χ2n) is 5.92. The summed E-state index contributed by atoms with van der Waals surface area (Å²) in [6.07, 6.45) is 2.09. The van der Waals surface area contributed by atoms with Crippen LogP contribution in [0.25, 0.3) is 0 Å². The van der Waals surface area contributed by atoms with Gasteiger partial charge in [-0.25, -0.2) is 0 Å². The highest BCUT2D eigenvalue weighted by Crippen LogP contribution is 2.29. The third-order valence-electron chi connectivity index (χ3n) is 3.97. The molecule has 21 heavy (non-hydrogen) atoms. The van der Waals surface area contributed by atoms with Crippen LogP contribution in [0.1, 0.15) is 19.8 Å². The largest absolute Gasteiger partial charge is 0.485 e. The number of piperidine rings is 1. The summed E-state index contributed by atoms with van der Waals surface area (Å²) >= 11 is 0. The van der Waals surface area contributed by atoms with Gasteiger partial charge < -0.3 is 9.84 Å². The third-order valence-corrected chi connectivity index (χ3v) is 3.97. The Kier molecular flexibility index (Phi) is 5.14. The lowest BCUT2D eigenvalue weighted by Crippen LogP contribution is -2.45. The van der Waals surface area contributed by atoms with Crippen LogP contribution in [-0.2, 0) is 0 Å². The summed E-state index contributed by atoms with van der Waals surface area (Å²) < 4.78 is 5.56. The summed E-state index contributed by atoms with van der Waals surface area (Å²) in [6.45, 7) is 5.21. The molecule has 1 aliphatic heterocycles. The number of para-hydroxylation sites is 2. The van der Waals surface area contributed by atoms with Crippen molar-refractivity contribution in [1.29, 1.82) is 0 Å². The average Bonchev–Trinajstić information content (AvgIpc) is 2.48. The molecule has 1 heterocycles. The van der Waals surface area contributed by atoms with Crippen molar-refractivity contribution < 1.29 is 14.8 Å². The van der Waals surface area contributed by atoms with Gasteiger partial charge in [0, 0.05) is 31.2 Å². The van der Waals surface area contributed by atoms with E-state index in [-0.39, 0.29) is 17.7 Å². The predicted octanol–water partition coefficient (Wildman–Crippen LogP) is 2.07. The highest BCUT2D eigenvalue weighted by Gasteiger charge is 2.30. The van der Waals surface area contributed by atoms with Crippen LogP contribution in [0.4, 0.5) is 5.69 Å². The van der Waals surface area contributed by atoms with Crippen molar-refractivity contribution in [2.45, 2.75) is 19.8 Å². The molecule has 0 saturated carbocycles. The summed E-state index contributed by atoms with van der Waals surface area (Å²) in [4.78, 5) is 12.7. The van der Waals surface area contributed by atoms with Crippen LogP contribution in [0.2, 0.25) is 0 Å². The van der Waals surface area contributed by atoms with Gasteiger partial charge in [0.1, 0.15) is 6.61 Å². The molecule has 1 aromatic carbocycles. The van der Waals surface area contributed by atoms with E-state index in [0.717, 1.165) is 25.9 Å². The maximum atomic E-state index is 10.9. The number of nitro benzene ring substituents is 1. The van der Waals surface area contributed by atoms with E-state index in [2.05, 4.69) is 11.8 Å². The number of nitrogens with zero attached hydrogens (tertiary/aromatic N) is 2. The average molecular weight is 294 g/mol. The van der Waals surface area contributed by atoms with Crippen molar-refractivity contribution in [3.8, 4) is 5.75 Å². The normalized spacial score (nSPS) is 23.0.